The molecule has 2 aliphatic heterocycles. The van der Waals surface area contributed by atoms with Crippen LogP contribution in [0.2, 0.25) is 5.02 Å². The predicted molar refractivity (Wildman–Crippen MR) is 133 cm³/mol. The van der Waals surface area contributed by atoms with Gasteiger partial charge >= 0.3 is 11.2 Å². The van der Waals surface area contributed by atoms with E-state index in [0.29, 0.717) is 42.7 Å². The van der Waals surface area contributed by atoms with Crippen LogP contribution in [0, 0.1) is 18.3 Å². The summed E-state index contributed by atoms with van der Waals surface area (Å²) in [4.78, 5) is 23.9. The van der Waals surface area contributed by atoms with E-state index in [-0.39, 0.29) is 24.2 Å². The molecule has 188 valence electrons. The highest BCUT2D eigenvalue weighted by molar-refractivity contribution is 7.90. The quantitative estimate of drug-likeness (QED) is 0.383. The molecule has 2 aliphatic rings. The van der Waals surface area contributed by atoms with E-state index in [1.54, 1.807) is 6.20 Å². The fraction of sp³-hybridized carbons (Fsp3) is 0.435. The van der Waals surface area contributed by atoms with Crippen LogP contribution >= 0.6 is 11.6 Å². The first-order valence-corrected chi connectivity index (χ1v) is 13.4. The SMILES string of the molecule is Cc1cc2[nH]ncc2c(C2CCc3c(nc([S+](C)[O-])nc3N3CCN(C(=O)O)[C@@H](CC#N)C3)O2)c1Cl. The van der Waals surface area contributed by atoms with Crippen molar-refractivity contribution in [3.05, 3.63) is 34.0 Å². The van der Waals surface area contributed by atoms with Gasteiger partial charge in [0.05, 0.1) is 40.8 Å². The van der Waals surface area contributed by atoms with Crippen LogP contribution in [-0.4, -0.2) is 72.7 Å². The number of amides is 1. The van der Waals surface area contributed by atoms with Gasteiger partial charge in [-0.3, -0.25) is 5.10 Å². The van der Waals surface area contributed by atoms with Gasteiger partial charge in [-0.05, 0) is 31.4 Å². The van der Waals surface area contributed by atoms with Gasteiger partial charge in [-0.1, -0.05) is 11.6 Å². The fourth-order valence-electron chi connectivity index (χ4n) is 4.94. The third-order valence-electron chi connectivity index (χ3n) is 6.67. The molecule has 2 N–H and O–H groups in total. The van der Waals surface area contributed by atoms with Gasteiger partial charge in [0.15, 0.2) is 0 Å². The summed E-state index contributed by atoms with van der Waals surface area (Å²) >= 11 is 5.24. The molecule has 3 aromatic rings. The number of aromatic nitrogens is 4. The Labute approximate surface area is 215 Å². The third kappa shape index (κ3) is 4.27. The Kier molecular flexibility index (Phi) is 6.55. The third-order valence-corrected chi connectivity index (χ3v) is 7.87. The number of fused-ring (bicyclic) bond motifs is 2. The number of rotatable bonds is 4. The lowest BCUT2D eigenvalue weighted by molar-refractivity contribution is 0.118. The molecule has 0 saturated carbocycles. The summed E-state index contributed by atoms with van der Waals surface area (Å²) in [6.45, 7) is 2.83. The maximum atomic E-state index is 12.4. The van der Waals surface area contributed by atoms with Crippen LogP contribution in [0.3, 0.4) is 0 Å². The number of nitrogens with one attached hydrogen (secondary N) is 1. The second-order valence-electron chi connectivity index (χ2n) is 8.90. The molecule has 2 unspecified atom stereocenters. The lowest BCUT2D eigenvalue weighted by atomic mass is 9.95. The van der Waals surface area contributed by atoms with Gasteiger partial charge in [0.1, 0.15) is 18.2 Å². The molecule has 0 radical (unpaired) electrons. The summed E-state index contributed by atoms with van der Waals surface area (Å²) in [5.41, 5.74) is 3.36. The Morgan fingerprint density at radius 1 is 1.44 bits per heavy atom. The van der Waals surface area contributed by atoms with Crippen LogP contribution in [0.1, 0.15) is 35.6 Å². The Morgan fingerprint density at radius 2 is 2.25 bits per heavy atom. The minimum absolute atomic E-state index is 0.0633. The summed E-state index contributed by atoms with van der Waals surface area (Å²) in [7, 11) is 0. The molecule has 36 heavy (non-hydrogen) atoms. The van der Waals surface area contributed by atoms with Gasteiger partial charge in [0.25, 0.3) is 0 Å². The maximum absolute atomic E-state index is 12.4. The number of H-pyrrole nitrogens is 1. The Morgan fingerprint density at radius 3 is 2.97 bits per heavy atom. The summed E-state index contributed by atoms with van der Waals surface area (Å²) in [5, 5.41) is 27.5. The minimum Gasteiger partial charge on any atom is -0.609 e. The van der Waals surface area contributed by atoms with E-state index in [1.807, 2.05) is 17.9 Å². The zero-order chi connectivity index (χ0) is 25.6. The summed E-state index contributed by atoms with van der Waals surface area (Å²) < 4.78 is 18.8. The van der Waals surface area contributed by atoms with E-state index in [0.717, 1.165) is 27.6 Å². The topological polar surface area (TPSA) is 154 Å². The van der Waals surface area contributed by atoms with Crippen molar-refractivity contribution in [2.75, 3.05) is 30.8 Å². The average molecular weight is 530 g/mol. The molecule has 5 rings (SSSR count). The molecule has 0 spiro atoms. The maximum Gasteiger partial charge on any atom is 0.407 e. The largest absolute Gasteiger partial charge is 0.609 e. The molecule has 3 atom stereocenters. The van der Waals surface area contributed by atoms with E-state index < -0.39 is 23.3 Å². The van der Waals surface area contributed by atoms with Crippen molar-refractivity contribution in [3.8, 4) is 11.9 Å². The Balaban J connectivity index is 1.53. The van der Waals surface area contributed by atoms with Crippen molar-refractivity contribution >= 4 is 45.6 Å². The van der Waals surface area contributed by atoms with Crippen LogP contribution in [-0.2, 0) is 17.6 Å². The molecule has 13 heteroatoms. The normalized spacial score (nSPS) is 20.5. The van der Waals surface area contributed by atoms with Crippen LogP contribution in [0.25, 0.3) is 10.9 Å². The molecule has 4 heterocycles. The van der Waals surface area contributed by atoms with Crippen molar-refractivity contribution in [3.63, 3.8) is 0 Å². The molecule has 1 aromatic carbocycles. The highest BCUT2D eigenvalue weighted by Crippen LogP contribution is 2.43. The number of ether oxygens (including phenoxy) is 1. The minimum atomic E-state index is -1.47. The van der Waals surface area contributed by atoms with Crippen molar-refractivity contribution in [1.82, 2.24) is 25.1 Å². The summed E-state index contributed by atoms with van der Waals surface area (Å²) in [6, 6.07) is 3.52. The van der Waals surface area contributed by atoms with Crippen molar-refractivity contribution < 1.29 is 19.2 Å². The van der Waals surface area contributed by atoms with E-state index >= 15 is 0 Å². The Bertz CT molecular complexity index is 1370. The number of aryl methyl sites for hydroxylation is 1. The number of piperazine rings is 1. The standard InChI is InChI=1S/C23H24ClN7O4S/c1-12-9-16-15(10-26-29-16)18(19(12)24)17-4-3-14-20(27-22(36(2)34)28-21(14)35-17)30-7-8-31(23(32)33)13(11-30)5-6-25/h9-10,13,17H,3-5,7-8,11H2,1-2H3,(H,26,29)(H,32,33)/t13-,17?,36?/m0/s1. The number of hydrogen-bond acceptors (Lipinski definition) is 8. The lowest BCUT2D eigenvalue weighted by Gasteiger charge is -2.40. The highest BCUT2D eigenvalue weighted by atomic mass is 35.5. The first-order valence-electron chi connectivity index (χ1n) is 11.4. The van der Waals surface area contributed by atoms with Crippen LogP contribution in [0.5, 0.6) is 5.88 Å². The summed E-state index contributed by atoms with van der Waals surface area (Å²) in [6.07, 6.45) is 3.04. The molecule has 0 aliphatic carbocycles. The first kappa shape index (κ1) is 24.4. The van der Waals surface area contributed by atoms with Gasteiger partial charge in [-0.2, -0.15) is 15.3 Å². The molecule has 1 fully saturated rings. The second kappa shape index (κ2) is 9.65. The second-order valence-corrected chi connectivity index (χ2v) is 10.6. The zero-order valence-corrected chi connectivity index (χ0v) is 21.3. The van der Waals surface area contributed by atoms with E-state index in [4.69, 9.17) is 16.3 Å². The van der Waals surface area contributed by atoms with Gasteiger partial charge in [-0.25, -0.2) is 4.79 Å². The van der Waals surface area contributed by atoms with Crippen LogP contribution < -0.4 is 9.64 Å². The van der Waals surface area contributed by atoms with Gasteiger partial charge in [0, 0.05) is 41.8 Å². The van der Waals surface area contributed by atoms with E-state index in [2.05, 4.69) is 26.2 Å². The number of nitriles is 1. The number of aromatic amines is 1. The summed E-state index contributed by atoms with van der Waals surface area (Å²) in [5.74, 6) is 0.911. The number of carbonyl (C=O) groups is 1. The number of hydrogen-bond donors (Lipinski definition) is 2. The zero-order valence-electron chi connectivity index (χ0n) is 19.7. The van der Waals surface area contributed by atoms with E-state index in [9.17, 15) is 19.7 Å². The van der Waals surface area contributed by atoms with Gasteiger partial charge in [-0.15, -0.1) is 4.98 Å². The number of benzene rings is 1. The molecule has 0 bridgehead atoms. The number of nitrogens with zero attached hydrogens (tertiary/aromatic N) is 6. The molecular weight excluding hydrogens is 506 g/mol. The average Bonchev–Trinajstić information content (AvgIpc) is 3.31. The molecule has 11 nitrogen and oxygen atoms in total. The smallest absolute Gasteiger partial charge is 0.407 e. The monoisotopic (exact) mass is 529 g/mol. The van der Waals surface area contributed by atoms with Gasteiger partial charge in [0.2, 0.25) is 5.88 Å². The molecule has 2 aromatic heterocycles. The van der Waals surface area contributed by atoms with Crippen LogP contribution in [0.15, 0.2) is 17.4 Å². The van der Waals surface area contributed by atoms with Crippen molar-refractivity contribution in [2.24, 2.45) is 0 Å². The van der Waals surface area contributed by atoms with Crippen molar-refractivity contribution in [2.45, 2.75) is 43.5 Å². The highest BCUT2D eigenvalue weighted by Gasteiger charge is 2.36. The van der Waals surface area contributed by atoms with Crippen molar-refractivity contribution in [1.29, 1.82) is 5.26 Å². The molecular formula is C23H24ClN7O4S. The fourth-order valence-corrected chi connectivity index (χ4v) is 5.64. The molecule has 1 amide bonds. The first-order chi connectivity index (χ1) is 17.3. The predicted octanol–water partition coefficient (Wildman–Crippen LogP) is 3.20. The Hall–Kier alpha value is -3.27. The number of carboxylic acid groups (broad SMARTS) is 1. The number of anilines is 1. The van der Waals surface area contributed by atoms with Gasteiger partial charge < -0.3 is 24.2 Å². The lowest BCUT2D eigenvalue weighted by Crippen LogP contribution is -2.55. The van der Waals surface area contributed by atoms with E-state index in [1.165, 1.54) is 11.2 Å². The molecule has 1 saturated heterocycles. The number of halogens is 1. The van der Waals surface area contributed by atoms with Crippen LogP contribution in [0.4, 0.5) is 10.6 Å².